The maximum absolute atomic E-state index is 3.91. The average Bonchev–Trinajstić information content (AvgIpc) is 2.41. The lowest BCUT2D eigenvalue weighted by Crippen LogP contribution is -2.57. The first kappa shape index (κ1) is 21.0. The van der Waals surface area contributed by atoms with E-state index in [4.69, 9.17) is 0 Å². The largest absolute Gasteiger partial charge is 0.307 e. The molecule has 0 aromatic carbocycles. The van der Waals surface area contributed by atoms with Crippen LogP contribution in [0.5, 0.6) is 0 Å². The Balaban J connectivity index is 1.96. The van der Waals surface area contributed by atoms with Crippen molar-refractivity contribution in [3.05, 3.63) is 6.92 Å². The molecule has 0 spiro atoms. The maximum atomic E-state index is 3.91. The summed E-state index contributed by atoms with van der Waals surface area (Å²) in [5.41, 5.74) is 0.639. The van der Waals surface area contributed by atoms with E-state index in [1.54, 1.807) is 0 Å². The predicted molar refractivity (Wildman–Crippen MR) is 105 cm³/mol. The summed E-state index contributed by atoms with van der Waals surface area (Å²) in [6, 6.07) is 0. The molecule has 0 atom stereocenters. The van der Waals surface area contributed by atoms with Gasteiger partial charge in [-0.1, -0.05) is 84.0 Å². The highest BCUT2D eigenvalue weighted by atomic mass is 15.0. The fourth-order valence-electron chi connectivity index (χ4n) is 4.76. The van der Waals surface area contributed by atoms with Gasteiger partial charge in [0.2, 0.25) is 0 Å². The van der Waals surface area contributed by atoms with Crippen molar-refractivity contribution in [3.63, 3.8) is 0 Å². The zero-order chi connectivity index (χ0) is 17.2. The molecule has 1 heterocycles. The van der Waals surface area contributed by atoms with Gasteiger partial charge >= 0.3 is 0 Å². The molecule has 23 heavy (non-hydrogen) atoms. The van der Waals surface area contributed by atoms with Crippen molar-refractivity contribution in [2.75, 3.05) is 0 Å². The van der Waals surface area contributed by atoms with E-state index < -0.39 is 0 Å². The summed E-state index contributed by atoms with van der Waals surface area (Å²) >= 11 is 0. The average molecular weight is 323 g/mol. The van der Waals surface area contributed by atoms with Crippen LogP contribution in [0, 0.1) is 12.8 Å². The Labute approximate surface area is 147 Å². The van der Waals surface area contributed by atoms with Crippen LogP contribution in [0.15, 0.2) is 0 Å². The standard InChI is InChI=1S/C22H44N/c1-6-7-8-9-10-11-12-13-14-15-16-17-20-18-21(2,3)23-22(4,5)19-20/h20,23H,1,6-19H2,2-5H3. The van der Waals surface area contributed by atoms with Crippen LogP contribution in [-0.4, -0.2) is 11.1 Å². The molecule has 0 bridgehead atoms. The van der Waals surface area contributed by atoms with Gasteiger partial charge in [-0.25, -0.2) is 0 Å². The van der Waals surface area contributed by atoms with Crippen molar-refractivity contribution in [1.29, 1.82) is 0 Å². The summed E-state index contributed by atoms with van der Waals surface area (Å²) < 4.78 is 0. The number of rotatable bonds is 12. The topological polar surface area (TPSA) is 12.0 Å². The lowest BCUT2D eigenvalue weighted by atomic mass is 9.74. The zero-order valence-corrected chi connectivity index (χ0v) is 16.7. The van der Waals surface area contributed by atoms with Crippen LogP contribution in [0.2, 0.25) is 0 Å². The van der Waals surface area contributed by atoms with Crippen molar-refractivity contribution in [3.8, 4) is 0 Å². The van der Waals surface area contributed by atoms with Gasteiger partial charge in [0.1, 0.15) is 0 Å². The van der Waals surface area contributed by atoms with Crippen LogP contribution < -0.4 is 5.32 Å². The third kappa shape index (κ3) is 10.4. The minimum Gasteiger partial charge on any atom is -0.307 e. The normalized spacial score (nSPS) is 20.7. The van der Waals surface area contributed by atoms with E-state index in [0.717, 1.165) is 12.3 Å². The Kier molecular flexibility index (Phi) is 9.82. The van der Waals surface area contributed by atoms with Crippen molar-refractivity contribution >= 4 is 0 Å². The first-order chi connectivity index (χ1) is 10.8. The van der Waals surface area contributed by atoms with Crippen LogP contribution >= 0.6 is 0 Å². The van der Waals surface area contributed by atoms with E-state index in [9.17, 15) is 0 Å². The second-order valence-corrected chi connectivity index (χ2v) is 9.34. The van der Waals surface area contributed by atoms with E-state index in [1.807, 2.05) is 0 Å². The molecule has 1 aliphatic heterocycles. The van der Waals surface area contributed by atoms with E-state index in [0.29, 0.717) is 11.1 Å². The molecule has 1 fully saturated rings. The van der Waals surface area contributed by atoms with E-state index >= 15 is 0 Å². The molecule has 1 rings (SSSR count). The summed E-state index contributed by atoms with van der Waals surface area (Å²) in [4.78, 5) is 0. The van der Waals surface area contributed by atoms with E-state index in [1.165, 1.54) is 83.5 Å². The van der Waals surface area contributed by atoms with Gasteiger partial charge in [-0.05, 0) is 46.5 Å². The lowest BCUT2D eigenvalue weighted by Gasteiger charge is -2.46. The molecule has 1 saturated heterocycles. The number of hydrogen-bond donors (Lipinski definition) is 1. The van der Waals surface area contributed by atoms with Crippen LogP contribution in [0.1, 0.15) is 118 Å². The van der Waals surface area contributed by atoms with Gasteiger partial charge in [0, 0.05) is 11.1 Å². The van der Waals surface area contributed by atoms with Crippen molar-refractivity contribution < 1.29 is 0 Å². The summed E-state index contributed by atoms with van der Waals surface area (Å²) in [6.07, 6.45) is 19.6. The highest BCUT2D eigenvalue weighted by Gasteiger charge is 2.36. The molecule has 0 aliphatic carbocycles. The molecule has 1 heteroatoms. The van der Waals surface area contributed by atoms with Gasteiger partial charge in [0.15, 0.2) is 0 Å². The predicted octanol–water partition coefficient (Wildman–Crippen LogP) is 7.06. The Morgan fingerprint density at radius 3 is 1.52 bits per heavy atom. The Morgan fingerprint density at radius 2 is 1.09 bits per heavy atom. The van der Waals surface area contributed by atoms with Gasteiger partial charge in [-0.3, -0.25) is 0 Å². The summed E-state index contributed by atoms with van der Waals surface area (Å²) in [6.45, 7) is 13.4. The van der Waals surface area contributed by atoms with Gasteiger partial charge in [0.05, 0.1) is 0 Å². The minimum absolute atomic E-state index is 0.320. The molecular weight excluding hydrogens is 278 g/mol. The smallest absolute Gasteiger partial charge is 0.0132 e. The highest BCUT2D eigenvalue weighted by Crippen LogP contribution is 2.35. The molecular formula is C22H44N. The molecule has 0 saturated carbocycles. The summed E-state index contributed by atoms with van der Waals surface area (Å²) in [7, 11) is 0. The lowest BCUT2D eigenvalue weighted by molar-refractivity contribution is 0.122. The third-order valence-electron chi connectivity index (χ3n) is 5.39. The Bertz CT molecular complexity index is 276. The van der Waals surface area contributed by atoms with Crippen LogP contribution in [-0.2, 0) is 0 Å². The zero-order valence-electron chi connectivity index (χ0n) is 16.7. The molecule has 1 aliphatic rings. The summed E-state index contributed by atoms with van der Waals surface area (Å²) in [5, 5.41) is 3.80. The first-order valence-electron chi connectivity index (χ1n) is 10.4. The second-order valence-electron chi connectivity index (χ2n) is 9.34. The molecule has 0 unspecified atom stereocenters. The van der Waals surface area contributed by atoms with Gasteiger partial charge < -0.3 is 5.32 Å². The fraction of sp³-hybridized carbons (Fsp3) is 0.955. The maximum Gasteiger partial charge on any atom is 0.0132 e. The Hall–Kier alpha value is -0.0400. The third-order valence-corrected chi connectivity index (χ3v) is 5.39. The quantitative estimate of drug-likeness (QED) is 0.379. The molecule has 137 valence electrons. The number of nitrogens with one attached hydrogen (secondary N) is 1. The number of unbranched alkanes of at least 4 members (excludes halogenated alkanes) is 10. The van der Waals surface area contributed by atoms with E-state index in [-0.39, 0.29) is 0 Å². The van der Waals surface area contributed by atoms with Gasteiger partial charge in [0.25, 0.3) is 0 Å². The van der Waals surface area contributed by atoms with Crippen molar-refractivity contribution in [2.24, 2.45) is 5.92 Å². The number of piperidine rings is 1. The molecule has 1 N–H and O–H groups in total. The van der Waals surface area contributed by atoms with Crippen LogP contribution in [0.3, 0.4) is 0 Å². The Morgan fingerprint density at radius 1 is 0.696 bits per heavy atom. The monoisotopic (exact) mass is 322 g/mol. The summed E-state index contributed by atoms with van der Waals surface area (Å²) in [5.74, 6) is 0.925. The van der Waals surface area contributed by atoms with Crippen LogP contribution in [0.4, 0.5) is 0 Å². The highest BCUT2D eigenvalue weighted by molar-refractivity contribution is 4.96. The van der Waals surface area contributed by atoms with Gasteiger partial charge in [-0.15, -0.1) is 0 Å². The molecule has 0 aromatic heterocycles. The van der Waals surface area contributed by atoms with Gasteiger partial charge in [-0.2, -0.15) is 0 Å². The SMILES string of the molecule is [CH2]CCCCCCCCCCCCC1CC(C)(C)NC(C)(C)C1. The minimum atomic E-state index is 0.320. The number of hydrogen-bond acceptors (Lipinski definition) is 1. The molecule has 1 nitrogen and oxygen atoms in total. The van der Waals surface area contributed by atoms with E-state index in [2.05, 4.69) is 39.9 Å². The second kappa shape index (κ2) is 10.7. The molecule has 1 radical (unpaired) electrons. The van der Waals surface area contributed by atoms with Crippen molar-refractivity contribution in [2.45, 2.75) is 129 Å². The van der Waals surface area contributed by atoms with Crippen molar-refractivity contribution in [1.82, 2.24) is 5.32 Å². The molecule has 0 aromatic rings. The van der Waals surface area contributed by atoms with Crippen LogP contribution in [0.25, 0.3) is 0 Å². The first-order valence-corrected chi connectivity index (χ1v) is 10.4. The fourth-order valence-corrected chi connectivity index (χ4v) is 4.76. The molecule has 0 amide bonds.